The summed E-state index contributed by atoms with van der Waals surface area (Å²) < 4.78 is 16.7. The van der Waals surface area contributed by atoms with E-state index in [9.17, 15) is 4.79 Å². The molecule has 5 heteroatoms. The second-order valence-electron chi connectivity index (χ2n) is 5.93. The van der Waals surface area contributed by atoms with Crippen LogP contribution in [0.15, 0.2) is 0 Å². The molecule has 1 amide bonds. The van der Waals surface area contributed by atoms with Crippen molar-refractivity contribution in [2.45, 2.75) is 70.9 Å². The third-order valence-electron chi connectivity index (χ3n) is 3.83. The summed E-state index contributed by atoms with van der Waals surface area (Å²) in [4.78, 5) is 11.2. The molecule has 1 aliphatic rings. The molecule has 0 aromatic heterocycles. The SMILES string of the molecule is CCCOCCOCCCCCC1OCCCC1NC(C)=O. The molecule has 22 heavy (non-hydrogen) atoms. The van der Waals surface area contributed by atoms with Gasteiger partial charge in [-0.3, -0.25) is 4.79 Å². The maximum Gasteiger partial charge on any atom is 0.217 e. The van der Waals surface area contributed by atoms with Crippen molar-refractivity contribution in [1.29, 1.82) is 0 Å². The minimum Gasteiger partial charge on any atom is -0.379 e. The zero-order valence-corrected chi connectivity index (χ0v) is 14.3. The largest absolute Gasteiger partial charge is 0.379 e. The molecule has 0 saturated carbocycles. The van der Waals surface area contributed by atoms with Crippen LogP contribution in [0.4, 0.5) is 0 Å². The summed E-state index contributed by atoms with van der Waals surface area (Å²) in [6.07, 6.45) is 7.67. The number of unbranched alkanes of at least 4 members (excludes halogenated alkanes) is 2. The highest BCUT2D eigenvalue weighted by Gasteiger charge is 2.25. The maximum absolute atomic E-state index is 11.2. The number of hydrogen-bond donors (Lipinski definition) is 1. The van der Waals surface area contributed by atoms with Gasteiger partial charge in [-0.2, -0.15) is 0 Å². The van der Waals surface area contributed by atoms with E-state index in [-0.39, 0.29) is 18.1 Å². The third kappa shape index (κ3) is 9.38. The standard InChI is InChI=1S/C17H33NO4/c1-3-10-20-13-14-21-11-6-4-5-9-17-16(18-15(2)19)8-7-12-22-17/h16-17H,3-14H2,1-2H3,(H,18,19). The Bertz CT molecular complexity index is 286. The molecule has 0 aromatic carbocycles. The molecule has 0 aromatic rings. The predicted molar refractivity (Wildman–Crippen MR) is 87.0 cm³/mol. The molecule has 1 saturated heterocycles. The Morgan fingerprint density at radius 2 is 1.91 bits per heavy atom. The normalized spacial score (nSPS) is 21.7. The molecule has 0 bridgehead atoms. The quantitative estimate of drug-likeness (QED) is 0.563. The number of rotatable bonds is 12. The van der Waals surface area contributed by atoms with Crippen LogP contribution in [0.1, 0.15) is 58.8 Å². The molecule has 1 N–H and O–H groups in total. The Hall–Kier alpha value is -0.650. The van der Waals surface area contributed by atoms with E-state index in [0.29, 0.717) is 13.2 Å². The van der Waals surface area contributed by atoms with E-state index < -0.39 is 0 Å². The highest BCUT2D eigenvalue weighted by atomic mass is 16.5. The summed E-state index contributed by atoms with van der Waals surface area (Å²) in [5, 5.41) is 3.01. The van der Waals surface area contributed by atoms with Gasteiger partial charge >= 0.3 is 0 Å². The Morgan fingerprint density at radius 3 is 2.64 bits per heavy atom. The third-order valence-corrected chi connectivity index (χ3v) is 3.83. The number of amides is 1. The van der Waals surface area contributed by atoms with Gasteiger partial charge in [-0.25, -0.2) is 0 Å². The summed E-state index contributed by atoms with van der Waals surface area (Å²) in [6.45, 7) is 7.51. The van der Waals surface area contributed by atoms with Gasteiger partial charge in [0.1, 0.15) is 0 Å². The van der Waals surface area contributed by atoms with E-state index in [4.69, 9.17) is 14.2 Å². The number of carbonyl (C=O) groups excluding carboxylic acids is 1. The first kappa shape index (κ1) is 19.4. The molecule has 1 aliphatic heterocycles. The lowest BCUT2D eigenvalue weighted by molar-refractivity contribution is -0.122. The van der Waals surface area contributed by atoms with E-state index in [1.54, 1.807) is 6.92 Å². The summed E-state index contributed by atoms with van der Waals surface area (Å²) in [5.74, 6) is 0.0409. The minimum absolute atomic E-state index is 0.0409. The van der Waals surface area contributed by atoms with Gasteiger partial charge in [-0.15, -0.1) is 0 Å². The molecular weight excluding hydrogens is 282 g/mol. The van der Waals surface area contributed by atoms with Crippen LogP contribution in [0.3, 0.4) is 0 Å². The van der Waals surface area contributed by atoms with Crippen LogP contribution >= 0.6 is 0 Å². The number of carbonyl (C=O) groups is 1. The van der Waals surface area contributed by atoms with Gasteiger partial charge in [-0.1, -0.05) is 19.8 Å². The summed E-state index contributed by atoms with van der Waals surface area (Å²) >= 11 is 0. The van der Waals surface area contributed by atoms with Gasteiger partial charge in [0.25, 0.3) is 0 Å². The van der Waals surface area contributed by atoms with Crippen molar-refractivity contribution >= 4 is 5.91 Å². The first-order valence-electron chi connectivity index (χ1n) is 8.78. The maximum atomic E-state index is 11.2. The Labute approximate surface area is 135 Å². The highest BCUT2D eigenvalue weighted by molar-refractivity contribution is 5.73. The Kier molecular flexibility index (Phi) is 11.3. The summed E-state index contributed by atoms with van der Waals surface area (Å²) in [6, 6.07) is 0.193. The molecule has 2 atom stereocenters. The van der Waals surface area contributed by atoms with Crippen molar-refractivity contribution in [2.24, 2.45) is 0 Å². The lowest BCUT2D eigenvalue weighted by Crippen LogP contribution is -2.46. The number of nitrogens with one attached hydrogen (secondary N) is 1. The smallest absolute Gasteiger partial charge is 0.217 e. The second kappa shape index (κ2) is 12.9. The predicted octanol–water partition coefficient (Wildman–Crippen LogP) is 2.67. The number of ether oxygens (including phenoxy) is 3. The average Bonchev–Trinajstić information content (AvgIpc) is 2.50. The fourth-order valence-electron chi connectivity index (χ4n) is 2.74. The van der Waals surface area contributed by atoms with Crippen molar-refractivity contribution in [3.05, 3.63) is 0 Å². The lowest BCUT2D eigenvalue weighted by atomic mass is 9.97. The Morgan fingerprint density at radius 1 is 1.14 bits per heavy atom. The first-order chi connectivity index (χ1) is 10.7. The van der Waals surface area contributed by atoms with Crippen molar-refractivity contribution in [3.63, 3.8) is 0 Å². The van der Waals surface area contributed by atoms with Gasteiger partial charge in [0.05, 0.1) is 25.4 Å². The molecule has 0 radical (unpaired) electrons. The molecule has 2 unspecified atom stereocenters. The van der Waals surface area contributed by atoms with Gasteiger partial charge in [-0.05, 0) is 32.1 Å². The molecule has 0 spiro atoms. The molecule has 1 heterocycles. The van der Waals surface area contributed by atoms with E-state index in [1.807, 2.05) is 0 Å². The molecule has 130 valence electrons. The summed E-state index contributed by atoms with van der Waals surface area (Å²) in [5.41, 5.74) is 0. The van der Waals surface area contributed by atoms with Crippen LogP contribution in [0.25, 0.3) is 0 Å². The monoisotopic (exact) mass is 315 g/mol. The van der Waals surface area contributed by atoms with Gasteiger partial charge < -0.3 is 19.5 Å². The first-order valence-corrected chi connectivity index (χ1v) is 8.78. The van der Waals surface area contributed by atoms with Crippen LogP contribution in [0, 0.1) is 0 Å². The topological polar surface area (TPSA) is 56.8 Å². The zero-order chi connectivity index (χ0) is 16.0. The van der Waals surface area contributed by atoms with Gasteiger partial charge in [0.2, 0.25) is 5.91 Å². The van der Waals surface area contributed by atoms with Crippen molar-refractivity contribution in [1.82, 2.24) is 5.32 Å². The lowest BCUT2D eigenvalue weighted by Gasteiger charge is -2.32. The van der Waals surface area contributed by atoms with Crippen LogP contribution in [-0.2, 0) is 19.0 Å². The van der Waals surface area contributed by atoms with Crippen LogP contribution in [0.2, 0.25) is 0 Å². The molecule has 1 rings (SSSR count). The van der Waals surface area contributed by atoms with Gasteiger partial charge in [0.15, 0.2) is 0 Å². The fourth-order valence-corrected chi connectivity index (χ4v) is 2.74. The van der Waals surface area contributed by atoms with Crippen molar-refractivity contribution < 1.29 is 19.0 Å². The summed E-state index contributed by atoms with van der Waals surface area (Å²) in [7, 11) is 0. The van der Waals surface area contributed by atoms with E-state index in [2.05, 4.69) is 12.2 Å². The van der Waals surface area contributed by atoms with Crippen LogP contribution in [0.5, 0.6) is 0 Å². The Balaban J connectivity index is 1.97. The molecule has 5 nitrogen and oxygen atoms in total. The molecular formula is C17H33NO4. The zero-order valence-electron chi connectivity index (χ0n) is 14.3. The van der Waals surface area contributed by atoms with Crippen LogP contribution < -0.4 is 5.32 Å². The minimum atomic E-state index is 0.0409. The van der Waals surface area contributed by atoms with Crippen molar-refractivity contribution in [2.75, 3.05) is 33.0 Å². The average molecular weight is 315 g/mol. The van der Waals surface area contributed by atoms with Crippen molar-refractivity contribution in [3.8, 4) is 0 Å². The highest BCUT2D eigenvalue weighted by Crippen LogP contribution is 2.19. The van der Waals surface area contributed by atoms with E-state index in [1.165, 1.54) is 0 Å². The fraction of sp³-hybridized carbons (Fsp3) is 0.941. The van der Waals surface area contributed by atoms with E-state index >= 15 is 0 Å². The van der Waals surface area contributed by atoms with Crippen LogP contribution in [-0.4, -0.2) is 51.1 Å². The molecule has 0 aliphatic carbocycles. The number of hydrogen-bond acceptors (Lipinski definition) is 4. The molecule has 1 fully saturated rings. The van der Waals surface area contributed by atoms with E-state index in [0.717, 1.165) is 64.8 Å². The van der Waals surface area contributed by atoms with Gasteiger partial charge in [0, 0.05) is 26.7 Å². The second-order valence-corrected chi connectivity index (χ2v) is 5.93.